The molecule has 1 unspecified atom stereocenters. The Kier molecular flexibility index (Phi) is 5.49. The maximum Gasteiger partial charge on any atom is 0.319 e. The van der Waals surface area contributed by atoms with Crippen molar-refractivity contribution in [1.29, 1.82) is 0 Å². The summed E-state index contributed by atoms with van der Waals surface area (Å²) in [6.07, 6.45) is 4.46. The number of nitrogens with one attached hydrogen (secondary N) is 2. The first-order valence-electron chi connectivity index (χ1n) is 10.7. The number of anilines is 2. The quantitative estimate of drug-likeness (QED) is 0.581. The first-order chi connectivity index (χ1) is 16.0. The molecule has 8 nitrogen and oxygen atoms in total. The largest absolute Gasteiger partial charge is 0.343 e. The third-order valence-corrected chi connectivity index (χ3v) is 6.43. The molecule has 1 aliphatic carbocycles. The van der Waals surface area contributed by atoms with E-state index in [0.29, 0.717) is 18.8 Å². The highest BCUT2D eigenvalue weighted by molar-refractivity contribution is 6.30. The van der Waals surface area contributed by atoms with Crippen molar-refractivity contribution in [2.45, 2.75) is 37.1 Å². The van der Waals surface area contributed by atoms with E-state index in [4.69, 9.17) is 16.1 Å². The lowest BCUT2D eigenvalue weighted by Gasteiger charge is -2.33. The normalized spacial score (nSPS) is 19.3. The molecule has 1 saturated carbocycles. The number of hydrogen-bond donors (Lipinski definition) is 2. The fourth-order valence-electron chi connectivity index (χ4n) is 4.28. The van der Waals surface area contributed by atoms with E-state index < -0.39 is 17.9 Å². The highest BCUT2D eigenvalue weighted by Crippen LogP contribution is 2.52. The Bertz CT molecular complexity index is 1180. The number of halogens is 2. The van der Waals surface area contributed by atoms with E-state index in [2.05, 4.69) is 20.8 Å². The second-order valence-corrected chi connectivity index (χ2v) is 8.73. The van der Waals surface area contributed by atoms with Crippen LogP contribution in [0.2, 0.25) is 5.02 Å². The van der Waals surface area contributed by atoms with Gasteiger partial charge >= 0.3 is 6.03 Å². The molecule has 2 N–H and O–H groups in total. The van der Waals surface area contributed by atoms with Crippen LogP contribution in [0.25, 0.3) is 0 Å². The Balaban J connectivity index is 1.25. The van der Waals surface area contributed by atoms with Gasteiger partial charge in [0.15, 0.2) is 5.82 Å². The van der Waals surface area contributed by atoms with E-state index in [9.17, 15) is 14.0 Å². The summed E-state index contributed by atoms with van der Waals surface area (Å²) in [4.78, 5) is 31.3. The van der Waals surface area contributed by atoms with Crippen molar-refractivity contribution in [2.75, 3.05) is 16.8 Å². The van der Waals surface area contributed by atoms with Gasteiger partial charge in [0.05, 0.1) is 11.1 Å². The summed E-state index contributed by atoms with van der Waals surface area (Å²) in [6.45, 7) is 0.555. The number of carbonyl (C=O) groups excluding carboxylic acids is 2. The molecular formula is C23H21ClFN5O3. The number of rotatable bonds is 5. The molecule has 33 heavy (non-hydrogen) atoms. The maximum atomic E-state index is 13.9. The summed E-state index contributed by atoms with van der Waals surface area (Å²) in [7, 11) is 0. The van der Waals surface area contributed by atoms with Crippen LogP contribution in [0.5, 0.6) is 0 Å². The van der Waals surface area contributed by atoms with Crippen LogP contribution < -0.4 is 15.5 Å². The Morgan fingerprint density at radius 3 is 2.67 bits per heavy atom. The second kappa shape index (κ2) is 8.47. The summed E-state index contributed by atoms with van der Waals surface area (Å²) in [6, 6.07) is 10.4. The fraction of sp³-hybridized carbons (Fsp3) is 0.304. The summed E-state index contributed by atoms with van der Waals surface area (Å²) in [5.41, 5.74) is 1.61. The average molecular weight is 470 g/mol. The molecule has 2 heterocycles. The third kappa shape index (κ3) is 4.16. The van der Waals surface area contributed by atoms with Gasteiger partial charge in [-0.15, -0.1) is 0 Å². The van der Waals surface area contributed by atoms with Gasteiger partial charge in [-0.25, -0.2) is 9.18 Å². The second-order valence-electron chi connectivity index (χ2n) is 8.29. The zero-order chi connectivity index (χ0) is 23.0. The van der Waals surface area contributed by atoms with Crippen molar-refractivity contribution in [3.8, 4) is 0 Å². The molecule has 3 amide bonds. The van der Waals surface area contributed by atoms with Crippen molar-refractivity contribution < 1.29 is 18.5 Å². The number of nitrogens with zero attached hydrogens (tertiary/aromatic N) is 3. The molecule has 1 aromatic heterocycles. The standard InChI is InChI=1S/C23H21ClFN5O3/c24-15-5-8-18(17(25)12-15)27-22(32)28-19-2-1-11-30(20(19)31)16-6-3-14(4-7-16)23(9-10-23)21-26-13-33-29-21/h3-8,12-13,19H,1-2,9-11H2,(H2,27,28,32). The van der Waals surface area contributed by atoms with Gasteiger partial charge < -0.3 is 20.1 Å². The highest BCUT2D eigenvalue weighted by atomic mass is 35.5. The topological polar surface area (TPSA) is 100 Å². The van der Waals surface area contributed by atoms with Crippen LogP contribution in [0.4, 0.5) is 20.6 Å². The van der Waals surface area contributed by atoms with Crippen molar-refractivity contribution in [3.05, 3.63) is 71.1 Å². The molecule has 2 fully saturated rings. The van der Waals surface area contributed by atoms with Crippen LogP contribution in [0.15, 0.2) is 53.4 Å². The van der Waals surface area contributed by atoms with Gasteiger partial charge in [-0.1, -0.05) is 28.9 Å². The van der Waals surface area contributed by atoms with Gasteiger partial charge in [0.2, 0.25) is 12.3 Å². The minimum atomic E-state index is -0.706. The molecule has 3 aromatic rings. The molecule has 170 valence electrons. The minimum Gasteiger partial charge on any atom is -0.343 e. The van der Waals surface area contributed by atoms with Crippen molar-refractivity contribution in [3.63, 3.8) is 0 Å². The first kappa shape index (κ1) is 21.4. The van der Waals surface area contributed by atoms with Gasteiger partial charge in [0, 0.05) is 17.3 Å². The monoisotopic (exact) mass is 469 g/mol. The minimum absolute atomic E-state index is 0.0109. The molecule has 2 aromatic carbocycles. The molecule has 0 radical (unpaired) electrons. The van der Waals surface area contributed by atoms with E-state index in [1.165, 1.54) is 18.5 Å². The lowest BCUT2D eigenvalue weighted by atomic mass is 9.94. The summed E-state index contributed by atoms with van der Waals surface area (Å²) < 4.78 is 18.9. The molecule has 1 aliphatic heterocycles. The molecular weight excluding hydrogens is 449 g/mol. The van der Waals surface area contributed by atoms with E-state index in [0.717, 1.165) is 36.6 Å². The lowest BCUT2D eigenvalue weighted by Crippen LogP contribution is -2.53. The van der Waals surface area contributed by atoms with E-state index >= 15 is 0 Å². The number of benzene rings is 2. The highest BCUT2D eigenvalue weighted by Gasteiger charge is 2.49. The number of amides is 3. The van der Waals surface area contributed by atoms with Crippen molar-refractivity contribution in [2.24, 2.45) is 0 Å². The Morgan fingerprint density at radius 2 is 2.00 bits per heavy atom. The molecule has 0 spiro atoms. The van der Waals surface area contributed by atoms with Gasteiger partial charge in [0.1, 0.15) is 11.9 Å². The zero-order valence-electron chi connectivity index (χ0n) is 17.6. The van der Waals surface area contributed by atoms with Crippen molar-refractivity contribution >= 4 is 34.9 Å². The summed E-state index contributed by atoms with van der Waals surface area (Å²) in [5.74, 6) is -0.180. The number of aromatic nitrogens is 2. The number of carbonyl (C=O) groups is 2. The Morgan fingerprint density at radius 1 is 1.21 bits per heavy atom. The summed E-state index contributed by atoms with van der Waals surface area (Å²) in [5, 5.41) is 9.32. The Hall–Kier alpha value is -3.46. The van der Waals surface area contributed by atoms with Gasteiger partial charge in [-0.2, -0.15) is 4.98 Å². The van der Waals surface area contributed by atoms with Gasteiger partial charge in [-0.3, -0.25) is 4.79 Å². The van der Waals surface area contributed by atoms with Crippen LogP contribution in [-0.2, 0) is 10.2 Å². The molecule has 1 atom stereocenters. The van der Waals surface area contributed by atoms with Gasteiger partial charge in [0.25, 0.3) is 0 Å². The average Bonchev–Trinajstić information content (AvgIpc) is 3.42. The Labute approximate surface area is 194 Å². The van der Waals surface area contributed by atoms with Crippen LogP contribution >= 0.6 is 11.6 Å². The number of piperidine rings is 1. The van der Waals surface area contributed by atoms with Crippen molar-refractivity contribution in [1.82, 2.24) is 15.5 Å². The molecule has 1 saturated heterocycles. The molecule has 0 bridgehead atoms. The van der Waals surface area contributed by atoms with Crippen LogP contribution in [-0.4, -0.2) is 34.7 Å². The van der Waals surface area contributed by atoms with Crippen LogP contribution in [0.1, 0.15) is 37.1 Å². The van der Waals surface area contributed by atoms with Crippen LogP contribution in [0.3, 0.4) is 0 Å². The van der Waals surface area contributed by atoms with Gasteiger partial charge in [-0.05, 0) is 61.6 Å². The first-order valence-corrected chi connectivity index (χ1v) is 11.1. The molecule has 10 heteroatoms. The number of urea groups is 1. The zero-order valence-corrected chi connectivity index (χ0v) is 18.3. The maximum absolute atomic E-state index is 13.9. The summed E-state index contributed by atoms with van der Waals surface area (Å²) >= 11 is 5.74. The molecule has 5 rings (SSSR count). The number of hydrogen-bond acceptors (Lipinski definition) is 5. The molecule has 2 aliphatic rings. The SMILES string of the molecule is O=C(Nc1ccc(Cl)cc1F)NC1CCCN(c2ccc(C3(c4ncon4)CC3)cc2)C1=O. The fourth-order valence-corrected chi connectivity index (χ4v) is 4.44. The lowest BCUT2D eigenvalue weighted by molar-refractivity contribution is -0.121. The van der Waals surface area contributed by atoms with Crippen LogP contribution in [0, 0.1) is 5.82 Å². The predicted octanol–water partition coefficient (Wildman–Crippen LogP) is 4.26. The smallest absolute Gasteiger partial charge is 0.319 e. The van der Waals surface area contributed by atoms with E-state index in [-0.39, 0.29) is 22.0 Å². The van der Waals surface area contributed by atoms with E-state index in [1.807, 2.05) is 24.3 Å². The predicted molar refractivity (Wildman–Crippen MR) is 120 cm³/mol. The van der Waals surface area contributed by atoms with E-state index in [1.54, 1.807) is 4.90 Å². The third-order valence-electron chi connectivity index (χ3n) is 6.19.